The normalized spacial score (nSPS) is 10.5. The van der Waals surface area contributed by atoms with Crippen LogP contribution in [0.5, 0.6) is 0 Å². The molecule has 18 rings (SSSR count). The van der Waals surface area contributed by atoms with Crippen LogP contribution in [0.3, 0.4) is 0 Å². The van der Waals surface area contributed by atoms with Crippen molar-refractivity contribution in [3.8, 4) is 0 Å². The lowest BCUT2D eigenvalue weighted by Gasteiger charge is -2.15. The highest BCUT2D eigenvalue weighted by Crippen LogP contribution is 2.23. The first-order chi connectivity index (χ1) is 67.4. The quantitative estimate of drug-likeness (QED) is 0.0186. The molecule has 0 bridgehead atoms. The minimum absolute atomic E-state index is 0.295. The first-order valence-electron chi connectivity index (χ1n) is 44.0. The van der Waals surface area contributed by atoms with E-state index in [0.29, 0.717) is 148 Å². The Bertz CT molecular complexity index is 6590. The van der Waals surface area contributed by atoms with Gasteiger partial charge in [-0.1, -0.05) is 0 Å². The van der Waals surface area contributed by atoms with Gasteiger partial charge in [-0.15, -0.1) is 61.2 Å². The molecule has 0 radical (unpaired) electrons. The zero-order valence-corrected chi connectivity index (χ0v) is 83.8. The van der Waals surface area contributed by atoms with E-state index in [2.05, 4.69) is 159 Å². The molecular formula is C87H129N45O9. The molecular weight excluding hydrogens is 1820 g/mol. The third-order valence-electron chi connectivity index (χ3n) is 19.4. The van der Waals surface area contributed by atoms with Gasteiger partial charge in [0.1, 0.15) is 104 Å². The number of anilines is 18. The Labute approximate surface area is 812 Å². The number of rotatable bonds is 32. The fourth-order valence-electron chi connectivity index (χ4n) is 12.2. The van der Waals surface area contributed by atoms with Gasteiger partial charge in [0.25, 0.3) is 0 Å². The van der Waals surface area contributed by atoms with Gasteiger partial charge in [0.15, 0.2) is 0 Å². The van der Waals surface area contributed by atoms with Gasteiger partial charge < -0.3 is 134 Å². The first kappa shape index (κ1) is 105. The summed E-state index contributed by atoms with van der Waals surface area (Å²) in [5, 5.41) is 84.9. The number of hydrogen-bond acceptors (Lipinski definition) is 45. The van der Waals surface area contributed by atoms with Crippen LogP contribution in [0, 0.1) is 62.3 Å². The molecule has 54 nitrogen and oxygen atoms in total. The Kier molecular flexibility index (Phi) is 38.2. The van der Waals surface area contributed by atoms with Crippen LogP contribution in [0.1, 0.15) is 104 Å². The summed E-state index contributed by atoms with van der Waals surface area (Å²) in [6.07, 6.45) is 0. The number of H-pyrrole nitrogens is 6. The topological polar surface area (TPSA) is 671 Å². The molecule has 0 aliphatic carbocycles. The number of nitrogens with zero attached hydrogens (tertiary/aromatic N) is 28. The molecule has 0 aromatic carbocycles. The van der Waals surface area contributed by atoms with E-state index in [1.165, 1.54) is 0 Å². The number of aryl methyl sites for hydroxylation is 9. The summed E-state index contributed by atoms with van der Waals surface area (Å²) >= 11 is 0. The fraction of sp³-hybridized carbons (Fsp3) is 0.379. The molecule has 0 aliphatic rings. The SMILES string of the molecule is CNc1n[nH]c(NCc2ccc(C)o2)n1.CNc1nc(N(C)Cc2ccc(C)o2)n[nH]1.Cc1ccc(CN(C)c2n[nH]c(N)n2)o1.Cc1ccc(CN(C)c2nc(N(C)C)n[nH]2)o1.Cc1ccc(CN(C)c2nnc(N)n2C)o1.Cc1ccc(CNc2n[nH]c(N)n2)o1.Cc1ccc(CNc2nc(N(C)C)n[nH]2)o1.Cc1ccc(CNc2nnc(N(C)C)n2C)o1.Cc1ccc(CNc2nnc(N)n2C)o1. The Balaban J connectivity index is 0.000000163. The van der Waals surface area contributed by atoms with Crippen molar-refractivity contribution in [2.45, 2.75) is 121 Å². The van der Waals surface area contributed by atoms with E-state index in [-0.39, 0.29) is 0 Å². The molecule has 54 heteroatoms. The fourth-order valence-corrected chi connectivity index (χ4v) is 12.2. The molecule has 0 amide bonds. The summed E-state index contributed by atoms with van der Waals surface area (Å²) in [5.74, 6) is 26.5. The van der Waals surface area contributed by atoms with Crippen molar-refractivity contribution in [1.82, 2.24) is 135 Å². The number of furan rings is 9. The summed E-state index contributed by atoms with van der Waals surface area (Å²) < 4.78 is 54.3. The maximum Gasteiger partial charge on any atom is 0.246 e. The molecule has 756 valence electrons. The van der Waals surface area contributed by atoms with E-state index >= 15 is 0 Å². The number of hydrogen-bond donors (Lipinski definition) is 17. The van der Waals surface area contributed by atoms with Gasteiger partial charge in [0, 0.05) is 106 Å². The van der Waals surface area contributed by atoms with Crippen LogP contribution in [0.15, 0.2) is 149 Å². The van der Waals surface area contributed by atoms with Gasteiger partial charge in [-0.3, -0.25) is 13.7 Å². The molecule has 18 aromatic rings. The number of nitrogen functional groups attached to an aromatic ring is 4. The van der Waals surface area contributed by atoms with Crippen molar-refractivity contribution in [2.75, 3.05) is 179 Å². The van der Waals surface area contributed by atoms with Crippen LogP contribution >= 0.6 is 0 Å². The summed E-state index contributed by atoms with van der Waals surface area (Å²) in [6.45, 7) is 22.7. The van der Waals surface area contributed by atoms with E-state index in [4.69, 9.17) is 62.7 Å². The highest BCUT2D eigenvalue weighted by Gasteiger charge is 2.19. The minimum Gasteiger partial charge on any atom is -0.465 e. The summed E-state index contributed by atoms with van der Waals surface area (Å²) in [4.78, 5) is 38.1. The van der Waals surface area contributed by atoms with Crippen molar-refractivity contribution >= 4 is 107 Å². The van der Waals surface area contributed by atoms with E-state index in [0.717, 1.165) is 122 Å². The van der Waals surface area contributed by atoms with Crippen LogP contribution in [0.25, 0.3) is 0 Å². The molecule has 141 heavy (non-hydrogen) atoms. The Morgan fingerprint density at radius 3 is 0.950 bits per heavy atom. The van der Waals surface area contributed by atoms with E-state index < -0.39 is 0 Å². The van der Waals surface area contributed by atoms with Gasteiger partial charge in [-0.2, -0.15) is 29.9 Å². The van der Waals surface area contributed by atoms with Crippen molar-refractivity contribution in [3.63, 3.8) is 0 Å². The van der Waals surface area contributed by atoms with Crippen molar-refractivity contribution in [1.29, 1.82) is 0 Å². The Morgan fingerprint density at radius 1 is 0.277 bits per heavy atom. The summed E-state index contributed by atoms with van der Waals surface area (Å²) in [6, 6.07) is 34.8. The predicted octanol–water partition coefficient (Wildman–Crippen LogP) is 10.6. The predicted molar refractivity (Wildman–Crippen MR) is 537 cm³/mol. The molecule has 0 fully saturated rings. The van der Waals surface area contributed by atoms with Gasteiger partial charge in [-0.05, 0) is 172 Å². The first-order valence-corrected chi connectivity index (χ1v) is 44.0. The summed E-state index contributed by atoms with van der Waals surface area (Å²) in [5.41, 5.74) is 21.9. The maximum absolute atomic E-state index is 5.62. The van der Waals surface area contributed by atoms with Crippen molar-refractivity contribution < 1.29 is 39.8 Å². The molecule has 0 aliphatic heterocycles. The second-order valence-electron chi connectivity index (χ2n) is 32.2. The van der Waals surface area contributed by atoms with Crippen LogP contribution in [0.2, 0.25) is 0 Å². The van der Waals surface area contributed by atoms with E-state index in [1.807, 2.05) is 295 Å². The van der Waals surface area contributed by atoms with Gasteiger partial charge in [0.2, 0.25) is 107 Å². The largest absolute Gasteiger partial charge is 0.465 e. The lowest BCUT2D eigenvalue weighted by atomic mass is 10.4. The molecule has 18 heterocycles. The zero-order chi connectivity index (χ0) is 102. The Hall–Kier alpha value is -17.8. The van der Waals surface area contributed by atoms with Crippen LogP contribution in [-0.2, 0) is 80.0 Å². The van der Waals surface area contributed by atoms with Crippen molar-refractivity contribution in [3.05, 3.63) is 213 Å². The molecule has 0 unspecified atom stereocenters. The van der Waals surface area contributed by atoms with Crippen molar-refractivity contribution in [2.24, 2.45) is 21.1 Å². The molecule has 0 atom stereocenters. The number of nitrogens with two attached hydrogens (primary N) is 4. The summed E-state index contributed by atoms with van der Waals surface area (Å²) in [7, 11) is 28.2. The number of nitrogens with one attached hydrogen (secondary N) is 13. The number of aromatic amines is 6. The lowest BCUT2D eigenvalue weighted by molar-refractivity contribution is 0.479. The monoisotopic (exact) mass is 1950 g/mol. The van der Waals surface area contributed by atoms with Gasteiger partial charge in [0.05, 0.1) is 58.9 Å². The standard InChI is InChI=1S/2C11H17N5O.3C10H15N5O.3C9H13N5O.C8H11N5O/c1-8-5-6-9(17-8)7-16(4)11-12-10(13-14-11)15(2)3;1-8-5-6-9(17-8)7-12-10-13-14-11(15(2)3)16(10)4;1-7-4-5-8(16-7)6-14(2)10-13-12-9(11)15(10)3;1-7-4-5-8(16-7)6-11-9-12-10(14-13-9)15(2)3;1-7-4-5-8(16-7)6-15(3)10-12-9(11-2)13-14-10;1-6-3-4-7(15-6)5-14(2)9-11-8(10)12-13-9;1-6-3-4-7(15-6)5-11-9-13-12-8(10)14(9)2;1-6-3-4-7(15-6)5-11-9-12-8(10-2)13-14-9;1-5-2-3-6(14-5)4-10-8-11-7(9)12-13-8/h5-6H,7H2,1-4H3,(H,12,13,14);5-6H,7H2,1-4H3,(H,12,13);4-5H,6H2,1-3H3,(H2,11,12);2*4-5H,6H2,1-3H3,(H2,11,12,13,14);3-4H,5H2,1-2H3,(H3,10,11,12,13);3-4H,5H2,1-2H3,(H2,10,12)(H,11,13);3-4H,5H2,1-2H3,(H3,10,11,12,13,14);2-3H,4H2,1H3,(H4,9,10,11,12,13). The molecule has 0 spiro atoms. The average molecular weight is 1950 g/mol. The Morgan fingerprint density at radius 2 is 0.603 bits per heavy atom. The zero-order valence-electron chi connectivity index (χ0n) is 83.8. The molecule has 21 N–H and O–H groups in total. The van der Waals surface area contributed by atoms with E-state index in [1.54, 1.807) is 30.3 Å². The molecule has 0 saturated carbocycles. The van der Waals surface area contributed by atoms with Crippen LogP contribution < -0.4 is 94.5 Å². The maximum atomic E-state index is 5.62. The van der Waals surface area contributed by atoms with Crippen LogP contribution in [-0.4, -0.2) is 220 Å². The highest BCUT2D eigenvalue weighted by atomic mass is 16.4. The highest BCUT2D eigenvalue weighted by molar-refractivity contribution is 5.43. The van der Waals surface area contributed by atoms with Gasteiger partial charge in [-0.25, -0.2) is 30.6 Å². The third-order valence-corrected chi connectivity index (χ3v) is 19.4. The lowest BCUT2D eigenvalue weighted by Crippen LogP contribution is -2.20. The smallest absolute Gasteiger partial charge is 0.246 e. The minimum atomic E-state index is 0.295. The molecule has 18 aromatic heterocycles. The second kappa shape index (κ2) is 51.2. The van der Waals surface area contributed by atoms with Gasteiger partial charge >= 0.3 is 0 Å². The van der Waals surface area contributed by atoms with Crippen LogP contribution in [0.4, 0.5) is 107 Å². The third kappa shape index (κ3) is 33.6. The molecule has 0 saturated heterocycles. The number of aromatic nitrogens is 27. The van der Waals surface area contributed by atoms with E-state index in [9.17, 15) is 0 Å². The average Bonchev–Trinajstić information content (AvgIpc) is 1.71. The second-order valence-corrected chi connectivity index (χ2v) is 32.2.